The zero-order valence-electron chi connectivity index (χ0n) is 21.0. The minimum Gasteiger partial charge on any atom is -0.309 e. The van der Waals surface area contributed by atoms with Gasteiger partial charge >= 0.3 is 6.18 Å². The fourth-order valence-corrected chi connectivity index (χ4v) is 4.51. The number of hydrogen-bond donors (Lipinski definition) is 1. The van der Waals surface area contributed by atoms with Gasteiger partial charge in [-0.25, -0.2) is 17.8 Å². The Kier molecular flexibility index (Phi) is 9.40. The monoisotopic (exact) mass is 583 g/mol. The van der Waals surface area contributed by atoms with Gasteiger partial charge in [0.2, 0.25) is 0 Å². The van der Waals surface area contributed by atoms with E-state index in [-0.39, 0.29) is 58.0 Å². The van der Waals surface area contributed by atoms with E-state index in [1.165, 1.54) is 36.4 Å². The number of alkyl halides is 3. The summed E-state index contributed by atoms with van der Waals surface area (Å²) in [6.45, 7) is 1.50. The van der Waals surface area contributed by atoms with Crippen LogP contribution in [0.2, 0.25) is 0 Å². The number of benzene rings is 3. The second kappa shape index (κ2) is 12.2. The summed E-state index contributed by atoms with van der Waals surface area (Å²) >= 11 is 0. The van der Waals surface area contributed by atoms with E-state index in [0.717, 1.165) is 28.4 Å². The maximum absolute atomic E-state index is 13.4. The Balaban J connectivity index is 0.00000441. The van der Waals surface area contributed by atoms with Gasteiger partial charge in [-0.15, -0.1) is 10.1 Å². The molecule has 1 radical (unpaired) electrons. The molecular weight excluding hydrogens is 564 g/mol. The number of carbonyl (C=O) groups excluding carboxylic acids is 1. The fourth-order valence-electron chi connectivity index (χ4n) is 3.53. The molecule has 40 heavy (non-hydrogen) atoms. The molecule has 0 saturated carbocycles. The second-order valence-electron chi connectivity index (χ2n) is 8.31. The third kappa shape index (κ3) is 7.27. The van der Waals surface area contributed by atoms with Gasteiger partial charge in [-0.05, 0) is 55.0 Å². The molecule has 0 spiro atoms. The van der Waals surface area contributed by atoms with Crippen LogP contribution in [-0.2, 0) is 27.6 Å². The molecule has 10 nitrogen and oxygen atoms in total. The molecule has 203 valence electrons. The molecule has 1 N–H and O–H groups in total. The van der Waals surface area contributed by atoms with Crippen molar-refractivity contribution in [3.63, 3.8) is 0 Å². The molecule has 0 aliphatic rings. The number of carbonyl (C=O) groups is 1. The van der Waals surface area contributed by atoms with Crippen molar-refractivity contribution in [1.82, 2.24) is 14.5 Å². The summed E-state index contributed by atoms with van der Waals surface area (Å²) in [6, 6.07) is 17.8. The largest absolute Gasteiger partial charge is 0.435 e. The summed E-state index contributed by atoms with van der Waals surface area (Å²) in [7, 11) is -4.35. The van der Waals surface area contributed by atoms with Crippen LogP contribution in [-0.4, -0.2) is 58.7 Å². The fraction of sp³-hybridized carbons (Fsp3) is 0.120. The Morgan fingerprint density at radius 2 is 1.62 bits per heavy atom. The van der Waals surface area contributed by atoms with Crippen molar-refractivity contribution in [1.29, 1.82) is 0 Å². The smallest absolute Gasteiger partial charge is 0.309 e. The SMILES string of the molecule is Cc1ccc(-c2cc(C(F)(F)F)nn2-c2ccc(S(=O)(=O)NC(=O)c3ccc(CO[N+](=O)[O-])cc3)cc2)cc1.[Na]. The van der Waals surface area contributed by atoms with Crippen LogP contribution in [0.15, 0.2) is 83.8 Å². The Labute approximate surface area is 248 Å². The van der Waals surface area contributed by atoms with E-state index in [1.54, 1.807) is 24.3 Å². The van der Waals surface area contributed by atoms with Gasteiger partial charge in [0.1, 0.15) is 6.61 Å². The third-order valence-corrected chi connectivity index (χ3v) is 6.87. The van der Waals surface area contributed by atoms with Crippen molar-refractivity contribution in [2.45, 2.75) is 24.6 Å². The van der Waals surface area contributed by atoms with Crippen LogP contribution in [0.5, 0.6) is 0 Å². The van der Waals surface area contributed by atoms with Crippen LogP contribution in [0, 0.1) is 17.0 Å². The molecule has 0 bridgehead atoms. The quantitative estimate of drug-likeness (QED) is 0.186. The number of aryl methyl sites for hydroxylation is 1. The predicted molar refractivity (Wildman–Crippen MR) is 137 cm³/mol. The average Bonchev–Trinajstić information content (AvgIpc) is 3.34. The molecule has 0 atom stereocenters. The molecule has 15 heteroatoms. The Morgan fingerprint density at radius 3 is 2.17 bits per heavy atom. The summed E-state index contributed by atoms with van der Waals surface area (Å²) in [4.78, 5) is 26.7. The first-order valence-corrected chi connectivity index (χ1v) is 12.6. The van der Waals surface area contributed by atoms with Crippen LogP contribution >= 0.6 is 0 Å². The Morgan fingerprint density at radius 1 is 1.02 bits per heavy atom. The number of sulfonamides is 1. The molecule has 4 rings (SSSR count). The number of hydrogen-bond acceptors (Lipinski definition) is 7. The average molecular weight is 584 g/mol. The normalized spacial score (nSPS) is 11.4. The Bertz CT molecular complexity index is 1620. The summed E-state index contributed by atoms with van der Waals surface area (Å²) in [5, 5.41) is 13.0. The maximum Gasteiger partial charge on any atom is 0.435 e. The number of nitrogens with zero attached hydrogens (tertiary/aromatic N) is 3. The van der Waals surface area contributed by atoms with Crippen molar-refractivity contribution in [3.8, 4) is 16.9 Å². The van der Waals surface area contributed by atoms with Crippen LogP contribution in [0.4, 0.5) is 13.2 Å². The first-order valence-electron chi connectivity index (χ1n) is 11.1. The molecule has 1 aromatic heterocycles. The van der Waals surface area contributed by atoms with E-state index in [2.05, 4.69) is 9.94 Å². The van der Waals surface area contributed by atoms with Gasteiger partial charge in [-0.2, -0.15) is 18.3 Å². The van der Waals surface area contributed by atoms with Crippen molar-refractivity contribution >= 4 is 45.5 Å². The molecule has 0 unspecified atom stereocenters. The zero-order chi connectivity index (χ0) is 28.4. The molecule has 0 fully saturated rings. The first-order chi connectivity index (χ1) is 18.3. The van der Waals surface area contributed by atoms with Gasteiger partial charge in [0.05, 0.1) is 16.3 Å². The second-order valence-corrected chi connectivity index (χ2v) is 10.00. The number of amides is 1. The maximum atomic E-state index is 13.4. The van der Waals surface area contributed by atoms with E-state index >= 15 is 0 Å². The number of rotatable bonds is 8. The summed E-state index contributed by atoms with van der Waals surface area (Å²) in [5.74, 6) is -0.954. The number of nitrogens with one attached hydrogen (secondary N) is 1. The van der Waals surface area contributed by atoms with Crippen molar-refractivity contribution in [3.05, 3.63) is 111 Å². The van der Waals surface area contributed by atoms with Gasteiger partial charge < -0.3 is 4.84 Å². The molecular formula is C25H19F3N4NaO6S. The van der Waals surface area contributed by atoms with Crippen LogP contribution in [0.3, 0.4) is 0 Å². The molecule has 4 aromatic rings. The standard InChI is InChI=1S/C25H19F3N4O6S.Na/c1-16-2-6-18(7-3-16)22-14-23(25(26,27)28)29-31(22)20-10-12-21(13-11-20)39(36,37)30-24(33)19-8-4-17(5-9-19)15-38-32(34)35;/h2-14H,15H2,1H3,(H,30,33);. The first kappa shape index (κ1) is 30.8. The van der Waals surface area contributed by atoms with E-state index in [4.69, 9.17) is 0 Å². The van der Waals surface area contributed by atoms with E-state index in [1.807, 2.05) is 11.6 Å². The van der Waals surface area contributed by atoms with Crippen molar-refractivity contribution in [2.24, 2.45) is 0 Å². The minimum absolute atomic E-state index is 0. The molecule has 0 aliphatic carbocycles. The van der Waals surface area contributed by atoms with Crippen molar-refractivity contribution in [2.75, 3.05) is 0 Å². The predicted octanol–water partition coefficient (Wildman–Crippen LogP) is 4.31. The van der Waals surface area contributed by atoms with E-state index < -0.39 is 32.9 Å². The van der Waals surface area contributed by atoms with Gasteiger partial charge in [-0.1, -0.05) is 42.0 Å². The molecule has 3 aromatic carbocycles. The summed E-state index contributed by atoms with van der Waals surface area (Å²) < 4.78 is 68.8. The third-order valence-electron chi connectivity index (χ3n) is 5.52. The topological polar surface area (TPSA) is 133 Å². The van der Waals surface area contributed by atoms with E-state index in [9.17, 15) is 36.5 Å². The number of aromatic nitrogens is 2. The summed E-state index contributed by atoms with van der Waals surface area (Å²) in [6.07, 6.45) is -4.70. The Hall–Kier alpha value is -3.72. The van der Waals surface area contributed by atoms with Gasteiger partial charge in [0, 0.05) is 40.7 Å². The molecule has 1 heterocycles. The van der Waals surface area contributed by atoms with Gasteiger partial charge in [0.15, 0.2) is 5.69 Å². The van der Waals surface area contributed by atoms with Crippen LogP contribution < -0.4 is 4.72 Å². The zero-order valence-corrected chi connectivity index (χ0v) is 23.9. The van der Waals surface area contributed by atoms with Gasteiger partial charge in [0.25, 0.3) is 21.0 Å². The number of halogens is 3. The van der Waals surface area contributed by atoms with E-state index in [0.29, 0.717) is 11.1 Å². The molecule has 0 aliphatic heterocycles. The molecule has 1 amide bonds. The van der Waals surface area contributed by atoms with Crippen LogP contribution in [0.1, 0.15) is 27.2 Å². The van der Waals surface area contributed by atoms with Crippen LogP contribution in [0.25, 0.3) is 16.9 Å². The van der Waals surface area contributed by atoms with Crippen molar-refractivity contribution < 1.29 is 36.3 Å². The minimum atomic E-state index is -4.70. The summed E-state index contributed by atoms with van der Waals surface area (Å²) in [5.41, 5.74) is 0.953. The van der Waals surface area contributed by atoms with Gasteiger partial charge in [-0.3, -0.25) is 4.79 Å². The molecule has 0 saturated heterocycles.